The van der Waals surface area contributed by atoms with E-state index in [2.05, 4.69) is 4.98 Å². The Kier molecular flexibility index (Phi) is 4.75. The molecular weight excluding hydrogens is 295 g/mol. The number of carboxylic acids is 1. The lowest BCUT2D eigenvalue weighted by Gasteiger charge is -2.29. The lowest BCUT2D eigenvalue weighted by atomic mass is 10.1. The number of anilines is 1. The van der Waals surface area contributed by atoms with Gasteiger partial charge in [-0.05, 0) is 37.3 Å². The first-order valence-corrected chi connectivity index (χ1v) is 6.70. The number of carbonyl (C=O) groups is 1. The molecule has 0 bridgehead atoms. The number of pyridine rings is 1. The number of aromatic nitrogens is 1. The maximum atomic E-state index is 12.9. The van der Waals surface area contributed by atoms with Crippen molar-refractivity contribution < 1.29 is 14.3 Å². The number of rotatable bonds is 5. The van der Waals surface area contributed by atoms with Gasteiger partial charge in [0, 0.05) is 10.7 Å². The highest BCUT2D eigenvalue weighted by atomic mass is 35.5. The van der Waals surface area contributed by atoms with Crippen LogP contribution in [0.3, 0.4) is 0 Å². The van der Waals surface area contributed by atoms with Crippen molar-refractivity contribution in [2.75, 3.05) is 11.4 Å². The Bertz CT molecular complexity index is 634. The molecule has 1 atom stereocenters. The molecule has 0 fully saturated rings. The van der Waals surface area contributed by atoms with E-state index in [-0.39, 0.29) is 12.6 Å². The molecule has 2 rings (SSSR count). The zero-order valence-corrected chi connectivity index (χ0v) is 12.1. The van der Waals surface area contributed by atoms with E-state index in [9.17, 15) is 9.18 Å². The van der Waals surface area contributed by atoms with E-state index in [0.29, 0.717) is 16.4 Å². The molecule has 0 saturated heterocycles. The van der Waals surface area contributed by atoms with Gasteiger partial charge in [0.25, 0.3) is 0 Å². The van der Waals surface area contributed by atoms with Gasteiger partial charge in [0.05, 0.1) is 17.9 Å². The van der Waals surface area contributed by atoms with Gasteiger partial charge >= 0.3 is 5.97 Å². The van der Waals surface area contributed by atoms with E-state index < -0.39 is 11.8 Å². The number of carboxylic acid groups (broad SMARTS) is 1. The molecule has 1 aromatic heterocycles. The van der Waals surface area contributed by atoms with Gasteiger partial charge in [-0.3, -0.25) is 9.78 Å². The average Bonchev–Trinajstić information content (AvgIpc) is 2.44. The maximum absolute atomic E-state index is 12.9. The Balaban J connectivity index is 2.35. The summed E-state index contributed by atoms with van der Waals surface area (Å²) in [6, 6.07) is 9.43. The van der Waals surface area contributed by atoms with Crippen LogP contribution in [0.4, 0.5) is 10.1 Å². The first-order chi connectivity index (χ1) is 9.97. The monoisotopic (exact) mass is 308 g/mol. The Hall–Kier alpha value is -2.14. The van der Waals surface area contributed by atoms with Crippen LogP contribution in [0.25, 0.3) is 0 Å². The van der Waals surface area contributed by atoms with Crippen molar-refractivity contribution in [1.82, 2.24) is 4.98 Å². The number of benzene rings is 1. The predicted molar refractivity (Wildman–Crippen MR) is 79.0 cm³/mol. The Morgan fingerprint density at radius 2 is 2.19 bits per heavy atom. The third kappa shape index (κ3) is 3.92. The van der Waals surface area contributed by atoms with Crippen molar-refractivity contribution in [3.63, 3.8) is 0 Å². The molecule has 0 aliphatic heterocycles. The zero-order chi connectivity index (χ0) is 15.4. The molecule has 2 aromatic rings. The summed E-state index contributed by atoms with van der Waals surface area (Å²) in [5.41, 5.74) is 1.25. The van der Waals surface area contributed by atoms with Crippen molar-refractivity contribution in [1.29, 1.82) is 0 Å². The van der Waals surface area contributed by atoms with E-state index in [1.54, 1.807) is 35.2 Å². The van der Waals surface area contributed by atoms with Gasteiger partial charge in [-0.15, -0.1) is 0 Å². The first kappa shape index (κ1) is 15.3. The van der Waals surface area contributed by atoms with E-state index in [0.717, 1.165) is 6.20 Å². The van der Waals surface area contributed by atoms with Crippen molar-refractivity contribution in [3.05, 3.63) is 59.1 Å². The fourth-order valence-electron chi connectivity index (χ4n) is 2.05. The van der Waals surface area contributed by atoms with Crippen LogP contribution in [0.5, 0.6) is 0 Å². The maximum Gasteiger partial charge on any atom is 0.323 e. The van der Waals surface area contributed by atoms with E-state index in [1.165, 1.54) is 6.07 Å². The largest absolute Gasteiger partial charge is 0.480 e. The third-order valence-electron chi connectivity index (χ3n) is 3.09. The van der Waals surface area contributed by atoms with Gasteiger partial charge in [-0.25, -0.2) is 4.39 Å². The molecule has 0 aliphatic rings. The second kappa shape index (κ2) is 6.54. The number of nitrogens with zero attached hydrogens (tertiary/aromatic N) is 2. The highest BCUT2D eigenvalue weighted by Gasteiger charge is 2.20. The summed E-state index contributed by atoms with van der Waals surface area (Å²) < 4.78 is 12.9. The topological polar surface area (TPSA) is 53.4 Å². The molecule has 110 valence electrons. The molecule has 0 amide bonds. The zero-order valence-electron chi connectivity index (χ0n) is 11.3. The number of hydrogen-bond donors (Lipinski definition) is 1. The van der Waals surface area contributed by atoms with E-state index >= 15 is 0 Å². The molecule has 1 aromatic carbocycles. The summed E-state index contributed by atoms with van der Waals surface area (Å²) in [7, 11) is 0. The lowest BCUT2D eigenvalue weighted by Crippen LogP contribution is -2.32. The second-order valence-electron chi connectivity index (χ2n) is 4.58. The molecule has 0 radical (unpaired) electrons. The highest BCUT2D eigenvalue weighted by molar-refractivity contribution is 6.30. The van der Waals surface area contributed by atoms with E-state index in [1.807, 2.05) is 6.92 Å². The summed E-state index contributed by atoms with van der Waals surface area (Å²) in [5.74, 6) is -1.40. The molecule has 0 saturated carbocycles. The summed E-state index contributed by atoms with van der Waals surface area (Å²) in [5, 5.41) is 9.62. The Morgan fingerprint density at radius 1 is 1.43 bits per heavy atom. The van der Waals surface area contributed by atoms with Gasteiger partial charge < -0.3 is 10.0 Å². The fraction of sp³-hybridized carbons (Fsp3) is 0.200. The second-order valence-corrected chi connectivity index (χ2v) is 5.02. The Morgan fingerprint density at radius 3 is 2.76 bits per heavy atom. The van der Waals surface area contributed by atoms with Crippen molar-refractivity contribution in [2.24, 2.45) is 0 Å². The number of halogens is 2. The minimum atomic E-state index is -0.969. The predicted octanol–water partition coefficient (Wildman–Crippen LogP) is 3.53. The first-order valence-electron chi connectivity index (χ1n) is 6.33. The fourth-order valence-corrected chi connectivity index (χ4v) is 2.23. The molecule has 1 heterocycles. The van der Waals surface area contributed by atoms with Crippen LogP contribution in [0.1, 0.15) is 18.7 Å². The minimum Gasteiger partial charge on any atom is -0.480 e. The summed E-state index contributed by atoms with van der Waals surface area (Å²) in [6.07, 6.45) is 1.11. The van der Waals surface area contributed by atoms with Gasteiger partial charge in [0.2, 0.25) is 0 Å². The molecule has 4 nitrogen and oxygen atoms in total. The van der Waals surface area contributed by atoms with Crippen LogP contribution in [-0.2, 0) is 4.79 Å². The average molecular weight is 309 g/mol. The number of aliphatic carboxylic acids is 1. The van der Waals surface area contributed by atoms with Gasteiger partial charge in [0.15, 0.2) is 0 Å². The smallest absolute Gasteiger partial charge is 0.323 e. The van der Waals surface area contributed by atoms with E-state index in [4.69, 9.17) is 16.7 Å². The molecular formula is C15H14ClFN2O2. The molecule has 0 aliphatic carbocycles. The van der Waals surface area contributed by atoms with Crippen molar-refractivity contribution in [3.8, 4) is 0 Å². The van der Waals surface area contributed by atoms with Gasteiger partial charge in [-0.2, -0.15) is 0 Å². The lowest BCUT2D eigenvalue weighted by molar-refractivity contribution is -0.135. The van der Waals surface area contributed by atoms with Crippen molar-refractivity contribution in [2.45, 2.75) is 13.0 Å². The van der Waals surface area contributed by atoms with Crippen LogP contribution in [-0.4, -0.2) is 22.6 Å². The number of hydrogen-bond acceptors (Lipinski definition) is 3. The third-order valence-corrected chi connectivity index (χ3v) is 3.33. The SMILES string of the molecule is CC(c1ccc(F)cn1)N(CC(=O)O)c1cccc(Cl)c1. The Labute approximate surface area is 126 Å². The van der Waals surface area contributed by atoms with Gasteiger partial charge in [-0.1, -0.05) is 17.7 Å². The molecule has 0 spiro atoms. The van der Waals surface area contributed by atoms with Crippen LogP contribution < -0.4 is 4.90 Å². The molecule has 6 heteroatoms. The molecule has 21 heavy (non-hydrogen) atoms. The molecule has 1 N–H and O–H groups in total. The summed E-state index contributed by atoms with van der Waals surface area (Å²) in [6.45, 7) is 1.60. The molecule has 1 unspecified atom stereocenters. The summed E-state index contributed by atoms with van der Waals surface area (Å²) in [4.78, 5) is 16.8. The summed E-state index contributed by atoms with van der Waals surface area (Å²) >= 11 is 5.96. The van der Waals surface area contributed by atoms with Crippen LogP contribution in [0, 0.1) is 5.82 Å². The van der Waals surface area contributed by atoms with Gasteiger partial charge in [0.1, 0.15) is 12.4 Å². The normalized spacial score (nSPS) is 12.0. The highest BCUT2D eigenvalue weighted by Crippen LogP contribution is 2.27. The van der Waals surface area contributed by atoms with Crippen LogP contribution in [0.2, 0.25) is 5.02 Å². The minimum absolute atomic E-state index is 0.208. The van der Waals surface area contributed by atoms with Crippen LogP contribution >= 0.6 is 11.6 Å². The van der Waals surface area contributed by atoms with Crippen LogP contribution in [0.15, 0.2) is 42.6 Å². The quantitative estimate of drug-likeness (QED) is 0.918. The van der Waals surface area contributed by atoms with Crippen molar-refractivity contribution >= 4 is 23.3 Å². The standard InChI is InChI=1S/C15H14ClFN2O2/c1-10(14-6-5-12(17)8-18-14)19(9-15(20)21)13-4-2-3-11(16)7-13/h2-8,10H,9H2,1H3,(H,20,21).